The standard InChI is InChI=1S/C25H40INO5Si/c1-17(28)31-22-20(26)19(16-30-33(8,9)25(5,6)7)27(15-18-13-11-10-12-14-18)21(22)23(29)32-24(2,3)4/h10-14,19-22H,15-16H2,1-9H3/t19-,20-,21+,22-/m1/s1. The number of esters is 2. The zero-order chi connectivity index (χ0) is 25.2. The highest BCUT2D eigenvalue weighted by Gasteiger charge is 2.55. The largest absolute Gasteiger partial charge is 0.459 e. The summed E-state index contributed by atoms with van der Waals surface area (Å²) in [4.78, 5) is 27.5. The molecule has 0 aromatic heterocycles. The summed E-state index contributed by atoms with van der Waals surface area (Å²) < 4.78 is 18.0. The van der Waals surface area contributed by atoms with Crippen LogP contribution in [0.4, 0.5) is 0 Å². The summed E-state index contributed by atoms with van der Waals surface area (Å²) in [5.41, 5.74) is 0.433. The van der Waals surface area contributed by atoms with Crippen molar-refractivity contribution in [1.82, 2.24) is 4.90 Å². The number of likely N-dealkylation sites (tertiary alicyclic amines) is 1. The molecule has 0 saturated carbocycles. The minimum absolute atomic E-state index is 0.0660. The van der Waals surface area contributed by atoms with Crippen LogP contribution in [0.15, 0.2) is 30.3 Å². The molecular weight excluding hydrogens is 549 g/mol. The van der Waals surface area contributed by atoms with E-state index in [9.17, 15) is 9.59 Å². The first-order valence-corrected chi connectivity index (χ1v) is 15.7. The van der Waals surface area contributed by atoms with Gasteiger partial charge in [-0.05, 0) is 44.5 Å². The molecule has 1 heterocycles. The Morgan fingerprint density at radius 2 is 1.64 bits per heavy atom. The Morgan fingerprint density at radius 1 is 1.06 bits per heavy atom. The molecule has 33 heavy (non-hydrogen) atoms. The second kappa shape index (κ2) is 10.7. The van der Waals surface area contributed by atoms with Crippen LogP contribution in [-0.2, 0) is 30.0 Å². The summed E-state index contributed by atoms with van der Waals surface area (Å²) in [5.74, 6) is -0.776. The van der Waals surface area contributed by atoms with E-state index < -0.39 is 32.0 Å². The Hall–Kier alpha value is -0.973. The lowest BCUT2D eigenvalue weighted by atomic mass is 10.1. The van der Waals surface area contributed by atoms with Gasteiger partial charge in [-0.2, -0.15) is 0 Å². The van der Waals surface area contributed by atoms with Gasteiger partial charge in [0, 0.05) is 19.5 Å². The number of ether oxygens (including phenoxy) is 2. The van der Waals surface area contributed by atoms with Crippen LogP contribution in [-0.4, -0.2) is 59.5 Å². The molecule has 0 radical (unpaired) electrons. The third kappa shape index (κ3) is 7.50. The van der Waals surface area contributed by atoms with Crippen LogP contribution in [0.5, 0.6) is 0 Å². The molecule has 0 spiro atoms. The van der Waals surface area contributed by atoms with Crippen LogP contribution < -0.4 is 0 Å². The molecule has 1 saturated heterocycles. The molecule has 4 atom stereocenters. The molecule has 1 fully saturated rings. The predicted molar refractivity (Wildman–Crippen MR) is 142 cm³/mol. The fraction of sp³-hybridized carbons (Fsp3) is 0.680. The van der Waals surface area contributed by atoms with Crippen molar-refractivity contribution in [2.24, 2.45) is 0 Å². The van der Waals surface area contributed by atoms with Crippen molar-refractivity contribution in [3.8, 4) is 0 Å². The normalized spacial score (nSPS) is 24.5. The lowest BCUT2D eigenvalue weighted by Crippen LogP contribution is -2.49. The number of hydrogen-bond donors (Lipinski definition) is 0. The van der Waals surface area contributed by atoms with E-state index in [1.807, 2.05) is 51.1 Å². The number of nitrogens with zero attached hydrogens (tertiary/aromatic N) is 1. The predicted octanol–water partition coefficient (Wildman–Crippen LogP) is 5.34. The van der Waals surface area contributed by atoms with Crippen LogP contribution in [0.2, 0.25) is 18.1 Å². The highest BCUT2D eigenvalue weighted by atomic mass is 127. The average Bonchev–Trinajstić information content (AvgIpc) is 2.89. The van der Waals surface area contributed by atoms with Gasteiger partial charge in [-0.3, -0.25) is 14.5 Å². The number of halogens is 1. The molecule has 2 rings (SSSR count). The van der Waals surface area contributed by atoms with E-state index in [0.29, 0.717) is 13.2 Å². The lowest BCUT2D eigenvalue weighted by Gasteiger charge is -2.38. The van der Waals surface area contributed by atoms with Gasteiger partial charge < -0.3 is 13.9 Å². The minimum Gasteiger partial charge on any atom is -0.459 e. The molecule has 186 valence electrons. The van der Waals surface area contributed by atoms with Gasteiger partial charge in [0.05, 0.1) is 10.5 Å². The van der Waals surface area contributed by atoms with E-state index in [-0.39, 0.29) is 21.0 Å². The zero-order valence-electron chi connectivity index (χ0n) is 21.5. The van der Waals surface area contributed by atoms with E-state index in [1.54, 1.807) is 0 Å². The second-order valence-corrected chi connectivity index (χ2v) is 17.5. The summed E-state index contributed by atoms with van der Waals surface area (Å²) >= 11 is 2.31. The fourth-order valence-corrected chi connectivity index (χ4v) is 5.81. The van der Waals surface area contributed by atoms with Crippen LogP contribution in [0.3, 0.4) is 0 Å². The van der Waals surface area contributed by atoms with Gasteiger partial charge in [-0.15, -0.1) is 0 Å². The molecule has 1 aromatic rings. The number of carbonyl (C=O) groups excluding carboxylic acids is 2. The zero-order valence-corrected chi connectivity index (χ0v) is 24.6. The number of benzene rings is 1. The topological polar surface area (TPSA) is 65.1 Å². The van der Waals surface area contributed by atoms with Gasteiger partial charge in [0.15, 0.2) is 8.32 Å². The van der Waals surface area contributed by atoms with E-state index in [0.717, 1.165) is 5.56 Å². The SMILES string of the molecule is CC(=O)O[C@@H]1[C@H](I)[C@@H](CO[Si](C)(C)C(C)(C)C)N(Cc2ccccc2)[C@@H]1C(=O)OC(C)(C)C. The van der Waals surface area contributed by atoms with Crippen LogP contribution in [0.1, 0.15) is 54.0 Å². The summed E-state index contributed by atoms with van der Waals surface area (Å²) in [5, 5.41) is 0.0660. The van der Waals surface area contributed by atoms with Gasteiger partial charge in [-0.1, -0.05) is 73.7 Å². The molecular formula is C25H40INO5Si. The highest BCUT2D eigenvalue weighted by molar-refractivity contribution is 14.1. The van der Waals surface area contributed by atoms with Gasteiger partial charge in [0.1, 0.15) is 17.7 Å². The fourth-order valence-electron chi connectivity index (χ4n) is 3.63. The van der Waals surface area contributed by atoms with Crippen molar-refractivity contribution in [2.75, 3.05) is 6.61 Å². The third-order valence-electron chi connectivity index (χ3n) is 6.36. The Labute approximate surface area is 214 Å². The van der Waals surface area contributed by atoms with Gasteiger partial charge in [0.25, 0.3) is 0 Å². The highest BCUT2D eigenvalue weighted by Crippen LogP contribution is 2.40. The average molecular weight is 590 g/mol. The van der Waals surface area contributed by atoms with Crippen LogP contribution in [0.25, 0.3) is 0 Å². The van der Waals surface area contributed by atoms with Crippen molar-refractivity contribution in [3.05, 3.63) is 35.9 Å². The Morgan fingerprint density at radius 3 is 2.12 bits per heavy atom. The number of alkyl halides is 1. The summed E-state index contributed by atoms with van der Waals surface area (Å²) in [6.07, 6.45) is -0.616. The Kier molecular flexibility index (Phi) is 9.20. The van der Waals surface area contributed by atoms with Crippen molar-refractivity contribution in [2.45, 2.75) is 101 Å². The van der Waals surface area contributed by atoms with Crippen molar-refractivity contribution in [3.63, 3.8) is 0 Å². The van der Waals surface area contributed by atoms with Gasteiger partial charge >= 0.3 is 11.9 Å². The first kappa shape index (κ1) is 28.3. The summed E-state index contributed by atoms with van der Waals surface area (Å²) in [6, 6.07) is 9.21. The molecule has 0 bridgehead atoms. The molecule has 1 aliphatic heterocycles. The van der Waals surface area contributed by atoms with E-state index in [1.165, 1.54) is 6.92 Å². The van der Waals surface area contributed by atoms with Crippen LogP contribution >= 0.6 is 22.6 Å². The molecule has 0 N–H and O–H groups in total. The number of carbonyl (C=O) groups is 2. The van der Waals surface area contributed by atoms with Crippen molar-refractivity contribution < 1.29 is 23.5 Å². The monoisotopic (exact) mass is 589 g/mol. The lowest BCUT2D eigenvalue weighted by molar-refractivity contribution is -0.167. The van der Waals surface area contributed by atoms with Crippen LogP contribution in [0, 0.1) is 0 Å². The second-order valence-electron chi connectivity index (χ2n) is 11.3. The maximum Gasteiger partial charge on any atom is 0.327 e. The number of rotatable bonds is 7. The Bertz CT molecular complexity index is 818. The van der Waals surface area contributed by atoms with Crippen molar-refractivity contribution >= 4 is 42.8 Å². The summed E-state index contributed by atoms with van der Waals surface area (Å²) in [6.45, 7) is 19.0. The first-order chi connectivity index (χ1) is 15.0. The molecule has 0 amide bonds. The van der Waals surface area contributed by atoms with E-state index >= 15 is 0 Å². The molecule has 8 heteroatoms. The molecule has 1 aliphatic rings. The molecule has 0 aliphatic carbocycles. The quantitative estimate of drug-likeness (QED) is 0.185. The Balaban J connectivity index is 2.45. The smallest absolute Gasteiger partial charge is 0.327 e. The summed E-state index contributed by atoms with van der Waals surface area (Å²) in [7, 11) is -2.02. The maximum atomic E-state index is 13.4. The van der Waals surface area contributed by atoms with E-state index in [2.05, 4.69) is 61.4 Å². The first-order valence-electron chi connectivity index (χ1n) is 11.5. The van der Waals surface area contributed by atoms with Gasteiger partial charge in [0.2, 0.25) is 0 Å². The maximum absolute atomic E-state index is 13.4. The third-order valence-corrected chi connectivity index (χ3v) is 12.4. The molecule has 6 nitrogen and oxygen atoms in total. The molecule has 0 unspecified atom stereocenters. The minimum atomic E-state index is -2.02. The number of hydrogen-bond acceptors (Lipinski definition) is 6. The van der Waals surface area contributed by atoms with Gasteiger partial charge in [-0.25, -0.2) is 0 Å². The van der Waals surface area contributed by atoms with Crippen molar-refractivity contribution in [1.29, 1.82) is 0 Å². The molecule has 1 aromatic carbocycles. The van der Waals surface area contributed by atoms with E-state index in [4.69, 9.17) is 13.9 Å².